The van der Waals surface area contributed by atoms with E-state index in [0.29, 0.717) is 6.42 Å². The molecule has 0 radical (unpaired) electrons. The van der Waals surface area contributed by atoms with Gasteiger partial charge >= 0.3 is 5.97 Å². The van der Waals surface area contributed by atoms with E-state index < -0.39 is 24.0 Å². The maximum atomic E-state index is 11.0. The van der Waals surface area contributed by atoms with Gasteiger partial charge in [0, 0.05) is 12.5 Å². The minimum Gasteiger partial charge on any atom is -0.426 e. The number of esters is 1. The number of hydrogen-bond acceptors (Lipinski definition) is 5. The zero-order chi connectivity index (χ0) is 10.6. The molecule has 82 valence electrons. The van der Waals surface area contributed by atoms with Crippen LogP contribution in [0.1, 0.15) is 13.3 Å². The van der Waals surface area contributed by atoms with Crippen LogP contribution in [0.25, 0.3) is 0 Å². The molecule has 2 saturated heterocycles. The Balaban J connectivity index is 1.81. The normalized spacial score (nSPS) is 52.5. The van der Waals surface area contributed by atoms with Crippen molar-refractivity contribution < 1.29 is 24.1 Å². The molecule has 5 atom stereocenters. The zero-order valence-electron chi connectivity index (χ0n) is 8.25. The second kappa shape index (κ2) is 2.81. The number of ether oxygens (including phenoxy) is 3. The van der Waals surface area contributed by atoms with E-state index in [4.69, 9.17) is 14.2 Å². The van der Waals surface area contributed by atoms with Crippen LogP contribution in [0.4, 0.5) is 0 Å². The van der Waals surface area contributed by atoms with Gasteiger partial charge in [0.15, 0.2) is 0 Å². The van der Waals surface area contributed by atoms with Crippen LogP contribution in [0.3, 0.4) is 0 Å². The van der Waals surface area contributed by atoms with E-state index in [1.165, 1.54) is 6.08 Å². The summed E-state index contributed by atoms with van der Waals surface area (Å²) in [5, 5.41) is 9.76. The molecule has 2 fully saturated rings. The van der Waals surface area contributed by atoms with Crippen molar-refractivity contribution in [3.05, 3.63) is 12.2 Å². The standard InChI is InChI=1S/C10H12O5/c1-5-8(12)9-6(13-5)4-10(15-9)3-2-7(11)14-10/h2-3,5-6,8-9,12H,4H2,1H3. The van der Waals surface area contributed by atoms with Gasteiger partial charge < -0.3 is 19.3 Å². The second-order valence-electron chi connectivity index (χ2n) is 4.22. The summed E-state index contributed by atoms with van der Waals surface area (Å²) in [6.07, 6.45) is 1.94. The van der Waals surface area contributed by atoms with Crippen molar-refractivity contribution in [1.29, 1.82) is 0 Å². The van der Waals surface area contributed by atoms with E-state index in [2.05, 4.69) is 0 Å². The lowest BCUT2D eigenvalue weighted by molar-refractivity contribution is -0.201. The van der Waals surface area contributed by atoms with Gasteiger partial charge in [-0.25, -0.2) is 4.79 Å². The third-order valence-corrected chi connectivity index (χ3v) is 3.14. The summed E-state index contributed by atoms with van der Waals surface area (Å²) in [5.41, 5.74) is 0. The first-order valence-electron chi connectivity index (χ1n) is 5.03. The van der Waals surface area contributed by atoms with Crippen LogP contribution in [0, 0.1) is 0 Å². The first kappa shape index (κ1) is 9.33. The Hall–Kier alpha value is -0.910. The smallest absolute Gasteiger partial charge is 0.333 e. The number of fused-ring (bicyclic) bond motifs is 1. The third-order valence-electron chi connectivity index (χ3n) is 3.14. The van der Waals surface area contributed by atoms with E-state index in [1.54, 1.807) is 13.0 Å². The lowest BCUT2D eigenvalue weighted by Crippen LogP contribution is -2.35. The molecule has 3 aliphatic heterocycles. The second-order valence-corrected chi connectivity index (χ2v) is 4.22. The molecule has 3 aliphatic rings. The van der Waals surface area contributed by atoms with Gasteiger partial charge in [-0.05, 0) is 13.0 Å². The maximum absolute atomic E-state index is 11.0. The third kappa shape index (κ3) is 1.24. The van der Waals surface area contributed by atoms with Crippen molar-refractivity contribution in [2.75, 3.05) is 0 Å². The van der Waals surface area contributed by atoms with Crippen molar-refractivity contribution in [3.63, 3.8) is 0 Å². The quantitative estimate of drug-likeness (QED) is 0.560. The molecule has 0 aromatic carbocycles. The van der Waals surface area contributed by atoms with Gasteiger partial charge in [-0.2, -0.15) is 0 Å². The molecule has 3 rings (SSSR count). The summed E-state index contributed by atoms with van der Waals surface area (Å²) >= 11 is 0. The Morgan fingerprint density at radius 1 is 1.60 bits per heavy atom. The molecule has 0 bridgehead atoms. The number of carbonyl (C=O) groups excluding carboxylic acids is 1. The number of aliphatic hydroxyl groups excluding tert-OH is 1. The summed E-state index contributed by atoms with van der Waals surface area (Å²) in [4.78, 5) is 11.0. The van der Waals surface area contributed by atoms with Crippen LogP contribution < -0.4 is 0 Å². The molecule has 0 amide bonds. The minimum atomic E-state index is -0.993. The van der Waals surface area contributed by atoms with Crippen LogP contribution in [0.2, 0.25) is 0 Å². The van der Waals surface area contributed by atoms with Crippen molar-refractivity contribution in [2.45, 2.75) is 43.5 Å². The van der Waals surface area contributed by atoms with Crippen LogP contribution in [0.5, 0.6) is 0 Å². The molecule has 1 spiro atoms. The Morgan fingerprint density at radius 2 is 2.40 bits per heavy atom. The number of carbonyl (C=O) groups is 1. The molecule has 1 N–H and O–H groups in total. The monoisotopic (exact) mass is 212 g/mol. The van der Waals surface area contributed by atoms with E-state index in [9.17, 15) is 9.90 Å². The lowest BCUT2D eigenvalue weighted by Gasteiger charge is -2.23. The van der Waals surface area contributed by atoms with E-state index in [-0.39, 0.29) is 12.2 Å². The Morgan fingerprint density at radius 3 is 3.00 bits per heavy atom. The summed E-state index contributed by atoms with van der Waals surface area (Å²) < 4.78 is 16.2. The lowest BCUT2D eigenvalue weighted by atomic mass is 10.1. The largest absolute Gasteiger partial charge is 0.426 e. The van der Waals surface area contributed by atoms with Gasteiger partial charge in [0.1, 0.15) is 12.2 Å². The molecule has 5 heteroatoms. The van der Waals surface area contributed by atoms with Crippen molar-refractivity contribution >= 4 is 5.97 Å². The predicted octanol–water partition coefficient (Wildman–Crippen LogP) is -0.267. The van der Waals surface area contributed by atoms with Gasteiger partial charge in [-0.1, -0.05) is 0 Å². The maximum Gasteiger partial charge on any atom is 0.333 e. The van der Waals surface area contributed by atoms with Crippen LogP contribution >= 0.6 is 0 Å². The molecule has 0 aromatic heterocycles. The first-order chi connectivity index (χ1) is 7.10. The average Bonchev–Trinajstić information content (AvgIpc) is 2.76. The topological polar surface area (TPSA) is 65.0 Å². The van der Waals surface area contributed by atoms with Gasteiger partial charge in [0.25, 0.3) is 0 Å². The summed E-state index contributed by atoms with van der Waals surface area (Å²) in [7, 11) is 0. The first-order valence-corrected chi connectivity index (χ1v) is 5.03. The molecule has 5 unspecified atom stereocenters. The Labute approximate surface area is 86.6 Å². The number of rotatable bonds is 0. The van der Waals surface area contributed by atoms with Gasteiger partial charge in [0.2, 0.25) is 5.79 Å². The molecule has 5 nitrogen and oxygen atoms in total. The molecular formula is C10H12O5. The summed E-state index contributed by atoms with van der Waals surface area (Å²) in [6, 6.07) is 0. The fourth-order valence-electron chi connectivity index (χ4n) is 2.40. The molecule has 3 heterocycles. The highest BCUT2D eigenvalue weighted by Crippen LogP contribution is 2.43. The van der Waals surface area contributed by atoms with Gasteiger partial charge in [0.05, 0.1) is 12.2 Å². The highest BCUT2D eigenvalue weighted by molar-refractivity contribution is 5.85. The van der Waals surface area contributed by atoms with E-state index >= 15 is 0 Å². The van der Waals surface area contributed by atoms with Crippen molar-refractivity contribution in [3.8, 4) is 0 Å². The Bertz CT molecular complexity index is 339. The van der Waals surface area contributed by atoms with Crippen LogP contribution in [-0.2, 0) is 19.0 Å². The number of aliphatic hydroxyl groups is 1. The summed E-state index contributed by atoms with van der Waals surface area (Å²) in [5.74, 6) is -1.40. The van der Waals surface area contributed by atoms with Crippen LogP contribution in [0.15, 0.2) is 12.2 Å². The highest BCUT2D eigenvalue weighted by atomic mass is 16.7. The van der Waals surface area contributed by atoms with E-state index in [1.807, 2.05) is 0 Å². The number of hydrogen-bond donors (Lipinski definition) is 1. The average molecular weight is 212 g/mol. The minimum absolute atomic E-state index is 0.189. The SMILES string of the molecule is CC1OC2CC3(C=CC(=O)O3)OC2C1O. The van der Waals surface area contributed by atoms with Crippen molar-refractivity contribution in [2.24, 2.45) is 0 Å². The fourth-order valence-corrected chi connectivity index (χ4v) is 2.40. The molecular weight excluding hydrogens is 200 g/mol. The zero-order valence-corrected chi connectivity index (χ0v) is 8.25. The molecule has 0 saturated carbocycles. The Kier molecular flexibility index (Phi) is 1.75. The van der Waals surface area contributed by atoms with Gasteiger partial charge in [-0.15, -0.1) is 0 Å². The van der Waals surface area contributed by atoms with E-state index in [0.717, 1.165) is 0 Å². The summed E-state index contributed by atoms with van der Waals surface area (Å²) in [6.45, 7) is 1.80. The van der Waals surface area contributed by atoms with Crippen molar-refractivity contribution in [1.82, 2.24) is 0 Å². The molecule has 15 heavy (non-hydrogen) atoms. The highest BCUT2D eigenvalue weighted by Gasteiger charge is 2.57. The molecule has 0 aromatic rings. The van der Waals surface area contributed by atoms with Crippen LogP contribution in [-0.4, -0.2) is 41.3 Å². The fraction of sp³-hybridized carbons (Fsp3) is 0.700. The molecule has 0 aliphatic carbocycles. The predicted molar refractivity (Wildman–Crippen MR) is 47.8 cm³/mol. The van der Waals surface area contributed by atoms with Gasteiger partial charge in [-0.3, -0.25) is 0 Å².